The van der Waals surface area contributed by atoms with Gasteiger partial charge in [0, 0.05) is 14.2 Å². The van der Waals surface area contributed by atoms with Gasteiger partial charge in [-0.2, -0.15) is 0 Å². The van der Waals surface area contributed by atoms with E-state index in [1.807, 2.05) is 0 Å². The summed E-state index contributed by atoms with van der Waals surface area (Å²) in [5, 5.41) is 6.72. The van der Waals surface area contributed by atoms with Crippen LogP contribution in [0.15, 0.2) is 9.95 Å². The van der Waals surface area contributed by atoms with Crippen molar-refractivity contribution < 1.29 is 4.74 Å². The third-order valence-corrected chi connectivity index (χ3v) is 2.12. The SMILES string of the molecule is COCSc1n[nH]c(=O)n1C. The maximum Gasteiger partial charge on any atom is 0.343 e. The highest BCUT2D eigenvalue weighted by Crippen LogP contribution is 2.10. The zero-order chi connectivity index (χ0) is 8.27. The van der Waals surface area contributed by atoms with Crippen LogP contribution in [0.25, 0.3) is 0 Å². The molecule has 0 unspecified atom stereocenters. The zero-order valence-corrected chi connectivity index (χ0v) is 7.14. The Kier molecular flexibility index (Phi) is 2.72. The average Bonchev–Trinajstić information content (AvgIpc) is 2.31. The Morgan fingerprint density at radius 3 is 3.00 bits per heavy atom. The largest absolute Gasteiger partial charge is 0.374 e. The maximum atomic E-state index is 10.8. The Hall–Kier alpha value is -0.750. The summed E-state index contributed by atoms with van der Waals surface area (Å²) in [5.74, 6) is 0.498. The molecule has 0 radical (unpaired) electrons. The normalized spacial score (nSPS) is 10.4. The summed E-state index contributed by atoms with van der Waals surface area (Å²) in [7, 11) is 3.25. The third-order valence-electron chi connectivity index (χ3n) is 1.14. The lowest BCUT2D eigenvalue weighted by atomic mass is 11.1. The minimum atomic E-state index is -0.205. The van der Waals surface area contributed by atoms with Gasteiger partial charge in [-0.15, -0.1) is 5.10 Å². The lowest BCUT2D eigenvalue weighted by Crippen LogP contribution is -2.12. The Morgan fingerprint density at radius 1 is 1.82 bits per heavy atom. The summed E-state index contributed by atoms with van der Waals surface area (Å²) < 4.78 is 6.24. The van der Waals surface area contributed by atoms with Crippen LogP contribution in [0.1, 0.15) is 0 Å². The smallest absolute Gasteiger partial charge is 0.343 e. The van der Waals surface area contributed by atoms with E-state index in [2.05, 4.69) is 10.2 Å². The fourth-order valence-electron chi connectivity index (χ4n) is 0.573. The van der Waals surface area contributed by atoms with E-state index >= 15 is 0 Å². The number of nitrogens with one attached hydrogen (secondary N) is 1. The number of H-pyrrole nitrogens is 1. The van der Waals surface area contributed by atoms with E-state index in [4.69, 9.17) is 4.74 Å². The second kappa shape index (κ2) is 3.59. The molecule has 0 amide bonds. The molecule has 1 aromatic rings. The first kappa shape index (κ1) is 8.35. The van der Waals surface area contributed by atoms with Crippen molar-refractivity contribution >= 4 is 11.8 Å². The van der Waals surface area contributed by atoms with Gasteiger partial charge in [-0.3, -0.25) is 4.57 Å². The second-order valence-electron chi connectivity index (χ2n) is 1.92. The Balaban J connectivity index is 2.71. The molecule has 0 aromatic carbocycles. The number of methoxy groups -OCH3 is 1. The van der Waals surface area contributed by atoms with Crippen LogP contribution in [0.4, 0.5) is 0 Å². The first-order chi connectivity index (χ1) is 5.25. The molecular formula is C5H9N3O2S. The number of ether oxygens (including phenoxy) is 1. The van der Waals surface area contributed by atoms with Crippen LogP contribution in [-0.2, 0) is 11.8 Å². The molecule has 0 saturated carbocycles. The highest BCUT2D eigenvalue weighted by atomic mass is 32.2. The minimum Gasteiger partial charge on any atom is -0.374 e. The number of aromatic nitrogens is 3. The molecule has 0 atom stereocenters. The summed E-state index contributed by atoms with van der Waals surface area (Å²) in [6, 6.07) is 0. The molecule has 1 heterocycles. The van der Waals surface area contributed by atoms with Crippen LogP contribution in [0, 0.1) is 0 Å². The van der Waals surface area contributed by atoms with Crippen molar-refractivity contribution in [3.63, 3.8) is 0 Å². The van der Waals surface area contributed by atoms with Crippen molar-refractivity contribution in [2.24, 2.45) is 7.05 Å². The molecule has 0 aliphatic heterocycles. The van der Waals surface area contributed by atoms with Crippen LogP contribution in [0.2, 0.25) is 0 Å². The van der Waals surface area contributed by atoms with Crippen LogP contribution >= 0.6 is 11.8 Å². The quantitative estimate of drug-likeness (QED) is 0.510. The fraction of sp³-hybridized carbons (Fsp3) is 0.600. The molecule has 1 N–H and O–H groups in total. The number of nitrogens with zero attached hydrogens (tertiary/aromatic N) is 2. The highest BCUT2D eigenvalue weighted by Gasteiger charge is 2.02. The Bertz CT molecular complexity index is 280. The number of aromatic amines is 1. The van der Waals surface area contributed by atoms with Crippen LogP contribution in [0.5, 0.6) is 0 Å². The first-order valence-electron chi connectivity index (χ1n) is 2.99. The van der Waals surface area contributed by atoms with Gasteiger partial charge in [0.05, 0.1) is 5.94 Å². The summed E-state index contributed by atoms with van der Waals surface area (Å²) in [4.78, 5) is 10.8. The lowest BCUT2D eigenvalue weighted by Gasteiger charge is -1.95. The second-order valence-corrected chi connectivity index (χ2v) is 2.81. The van der Waals surface area contributed by atoms with Gasteiger partial charge in [0.25, 0.3) is 0 Å². The molecule has 0 bridgehead atoms. The van der Waals surface area contributed by atoms with Gasteiger partial charge in [0.1, 0.15) is 0 Å². The van der Waals surface area contributed by atoms with E-state index in [9.17, 15) is 4.79 Å². The molecule has 6 heteroatoms. The Morgan fingerprint density at radius 2 is 2.55 bits per heavy atom. The monoisotopic (exact) mass is 175 g/mol. The van der Waals surface area contributed by atoms with E-state index < -0.39 is 0 Å². The van der Waals surface area contributed by atoms with Gasteiger partial charge in [-0.1, -0.05) is 11.8 Å². The Labute approximate surface area is 67.8 Å². The van der Waals surface area contributed by atoms with Crippen molar-refractivity contribution in [3.05, 3.63) is 10.5 Å². The summed E-state index contributed by atoms with van der Waals surface area (Å²) in [5.41, 5.74) is -0.205. The summed E-state index contributed by atoms with van der Waals surface area (Å²) in [6.07, 6.45) is 0. The van der Waals surface area contributed by atoms with Gasteiger partial charge in [-0.25, -0.2) is 9.89 Å². The van der Waals surface area contributed by atoms with Crippen molar-refractivity contribution in [3.8, 4) is 0 Å². The zero-order valence-electron chi connectivity index (χ0n) is 6.33. The fourth-order valence-corrected chi connectivity index (χ4v) is 1.18. The van der Waals surface area contributed by atoms with E-state index in [-0.39, 0.29) is 5.69 Å². The number of hydrogen-bond acceptors (Lipinski definition) is 4. The predicted octanol–water partition coefficient (Wildman–Crippen LogP) is -0.196. The van der Waals surface area contributed by atoms with Gasteiger partial charge >= 0.3 is 5.69 Å². The van der Waals surface area contributed by atoms with Crippen LogP contribution in [0.3, 0.4) is 0 Å². The summed E-state index contributed by atoms with van der Waals surface area (Å²) in [6.45, 7) is 0. The molecule has 0 aliphatic rings. The number of rotatable bonds is 3. The van der Waals surface area contributed by atoms with Gasteiger partial charge in [0.15, 0.2) is 5.16 Å². The maximum absolute atomic E-state index is 10.8. The van der Waals surface area contributed by atoms with Gasteiger partial charge in [0.2, 0.25) is 0 Å². The predicted molar refractivity (Wildman–Crippen MR) is 41.6 cm³/mol. The van der Waals surface area contributed by atoms with E-state index in [1.54, 1.807) is 14.2 Å². The summed E-state index contributed by atoms with van der Waals surface area (Å²) >= 11 is 1.37. The molecule has 5 nitrogen and oxygen atoms in total. The molecule has 11 heavy (non-hydrogen) atoms. The first-order valence-corrected chi connectivity index (χ1v) is 3.97. The molecule has 0 fully saturated rings. The van der Waals surface area contributed by atoms with Crippen molar-refractivity contribution in [1.29, 1.82) is 0 Å². The molecular weight excluding hydrogens is 166 g/mol. The van der Waals surface area contributed by atoms with Gasteiger partial charge < -0.3 is 4.74 Å². The number of thioether (sulfide) groups is 1. The molecule has 62 valence electrons. The van der Waals surface area contributed by atoms with Crippen molar-refractivity contribution in [1.82, 2.24) is 14.8 Å². The number of hydrogen-bond donors (Lipinski definition) is 1. The molecule has 0 aliphatic carbocycles. The molecule has 1 aromatic heterocycles. The minimum absolute atomic E-state index is 0.205. The lowest BCUT2D eigenvalue weighted by molar-refractivity contribution is 0.258. The van der Waals surface area contributed by atoms with E-state index in [0.717, 1.165) is 0 Å². The van der Waals surface area contributed by atoms with Crippen LogP contribution < -0.4 is 5.69 Å². The van der Waals surface area contributed by atoms with Crippen molar-refractivity contribution in [2.75, 3.05) is 13.0 Å². The van der Waals surface area contributed by atoms with E-state index in [1.165, 1.54) is 16.3 Å². The standard InChI is InChI=1S/C5H9N3O2S/c1-8-4(9)6-7-5(8)11-3-10-2/h3H2,1-2H3,(H,6,9). The molecule has 0 saturated heterocycles. The van der Waals surface area contributed by atoms with Gasteiger partial charge in [-0.05, 0) is 0 Å². The highest BCUT2D eigenvalue weighted by molar-refractivity contribution is 7.99. The van der Waals surface area contributed by atoms with Crippen LogP contribution in [-0.4, -0.2) is 27.8 Å². The average molecular weight is 175 g/mol. The third kappa shape index (κ3) is 1.84. The van der Waals surface area contributed by atoms with E-state index in [0.29, 0.717) is 11.1 Å². The molecule has 0 spiro atoms. The van der Waals surface area contributed by atoms with Crippen molar-refractivity contribution in [2.45, 2.75) is 5.16 Å². The molecule has 1 rings (SSSR count). The topological polar surface area (TPSA) is 59.9 Å².